The van der Waals surface area contributed by atoms with Crippen LogP contribution in [0.4, 0.5) is 14.5 Å². The van der Waals surface area contributed by atoms with Crippen molar-refractivity contribution in [1.29, 1.82) is 0 Å². The largest absolute Gasteiger partial charge is 0.379 e. The summed E-state index contributed by atoms with van der Waals surface area (Å²) in [7, 11) is 0. The molecule has 2 aromatic rings. The molecule has 0 saturated carbocycles. The minimum Gasteiger partial charge on any atom is -0.379 e. The minimum absolute atomic E-state index is 0.0267. The molecular weight excluding hydrogens is 358 g/mol. The third-order valence-corrected chi connectivity index (χ3v) is 5.30. The third-order valence-electron chi connectivity index (χ3n) is 4.20. The molecule has 1 unspecified atom stereocenters. The number of aryl methyl sites for hydroxylation is 1. The quantitative estimate of drug-likeness (QED) is 0.618. The highest BCUT2D eigenvalue weighted by Crippen LogP contribution is 2.28. The molecule has 8 heteroatoms. The van der Waals surface area contributed by atoms with Crippen molar-refractivity contribution in [3.8, 4) is 0 Å². The highest BCUT2D eigenvalue weighted by atomic mass is 32.1. The molecular formula is C18H22F2N4OS. The summed E-state index contributed by atoms with van der Waals surface area (Å²) in [6, 6.07) is 7.43. The first-order chi connectivity index (χ1) is 12.5. The Morgan fingerprint density at radius 2 is 2.08 bits per heavy atom. The van der Waals surface area contributed by atoms with Crippen LogP contribution in [0.3, 0.4) is 0 Å². The number of aliphatic imine (C=N–C) groups is 1. The van der Waals surface area contributed by atoms with E-state index in [0.717, 1.165) is 31.3 Å². The van der Waals surface area contributed by atoms with E-state index in [1.807, 2.05) is 0 Å². The van der Waals surface area contributed by atoms with Crippen LogP contribution in [0.25, 0.3) is 0 Å². The summed E-state index contributed by atoms with van der Waals surface area (Å²) in [6.45, 7) is 5.51. The molecule has 1 saturated heterocycles. The zero-order valence-corrected chi connectivity index (χ0v) is 15.4. The molecule has 0 spiro atoms. The Balaban J connectivity index is 1.73. The molecule has 1 fully saturated rings. The van der Waals surface area contributed by atoms with E-state index in [-0.39, 0.29) is 17.7 Å². The maximum atomic E-state index is 13.7. The highest BCUT2D eigenvalue weighted by molar-refractivity contribution is 7.12. The van der Waals surface area contributed by atoms with E-state index in [4.69, 9.17) is 10.5 Å². The topological polar surface area (TPSA) is 62.9 Å². The molecule has 1 aromatic carbocycles. The Labute approximate surface area is 155 Å². The van der Waals surface area contributed by atoms with E-state index < -0.39 is 11.6 Å². The molecule has 1 aliphatic rings. The number of anilines is 1. The van der Waals surface area contributed by atoms with Crippen molar-refractivity contribution in [3.05, 3.63) is 51.7 Å². The zero-order chi connectivity index (χ0) is 18.5. The number of guanidine groups is 1. The number of morpholine rings is 1. The van der Waals surface area contributed by atoms with Gasteiger partial charge in [-0.25, -0.2) is 8.78 Å². The molecule has 0 aliphatic carbocycles. The summed E-state index contributed by atoms with van der Waals surface area (Å²) in [4.78, 5) is 9.12. The highest BCUT2D eigenvalue weighted by Gasteiger charge is 2.23. The molecule has 140 valence electrons. The second kappa shape index (κ2) is 8.57. The Kier molecular flexibility index (Phi) is 6.18. The van der Waals surface area contributed by atoms with Gasteiger partial charge in [-0.1, -0.05) is 0 Å². The minimum atomic E-state index is -0.580. The van der Waals surface area contributed by atoms with Gasteiger partial charge in [0.25, 0.3) is 0 Å². The van der Waals surface area contributed by atoms with Crippen molar-refractivity contribution >= 4 is 23.0 Å². The summed E-state index contributed by atoms with van der Waals surface area (Å²) in [6.07, 6.45) is 0. The maximum Gasteiger partial charge on any atom is 0.193 e. The molecule has 5 nitrogen and oxygen atoms in total. The van der Waals surface area contributed by atoms with Gasteiger partial charge in [-0.05, 0) is 31.2 Å². The summed E-state index contributed by atoms with van der Waals surface area (Å²) < 4.78 is 32.4. The number of ether oxygens (including phenoxy) is 1. The average Bonchev–Trinajstić information content (AvgIpc) is 3.05. The van der Waals surface area contributed by atoms with Crippen LogP contribution in [0, 0.1) is 18.6 Å². The van der Waals surface area contributed by atoms with Crippen molar-refractivity contribution in [2.75, 3.05) is 38.2 Å². The van der Waals surface area contributed by atoms with Gasteiger partial charge in [-0.15, -0.1) is 11.3 Å². The van der Waals surface area contributed by atoms with Crippen LogP contribution in [-0.2, 0) is 4.74 Å². The van der Waals surface area contributed by atoms with Gasteiger partial charge >= 0.3 is 0 Å². The number of halogens is 2. The van der Waals surface area contributed by atoms with Gasteiger partial charge in [0.1, 0.15) is 11.6 Å². The standard InChI is InChI=1S/C18H22F2N4OS/c1-12-2-5-17(26-12)16(24-6-8-25-9-7-24)11-22-18(21)23-15-10-13(19)3-4-14(15)20/h2-5,10,16H,6-9,11H2,1H3,(H3,21,22,23). The number of hydrogen-bond donors (Lipinski definition) is 2. The Bertz CT molecular complexity index is 774. The van der Waals surface area contributed by atoms with Gasteiger partial charge in [0.2, 0.25) is 0 Å². The van der Waals surface area contributed by atoms with Crippen molar-refractivity contribution in [2.24, 2.45) is 10.7 Å². The van der Waals surface area contributed by atoms with Crippen molar-refractivity contribution in [2.45, 2.75) is 13.0 Å². The van der Waals surface area contributed by atoms with Gasteiger partial charge in [0, 0.05) is 28.9 Å². The van der Waals surface area contributed by atoms with Crippen molar-refractivity contribution in [1.82, 2.24) is 4.90 Å². The monoisotopic (exact) mass is 380 g/mol. The molecule has 26 heavy (non-hydrogen) atoms. The van der Waals surface area contributed by atoms with Crippen LogP contribution in [0.15, 0.2) is 35.3 Å². The van der Waals surface area contributed by atoms with Gasteiger partial charge in [0.15, 0.2) is 5.96 Å². The number of nitrogens with one attached hydrogen (secondary N) is 1. The van der Waals surface area contributed by atoms with E-state index in [9.17, 15) is 8.78 Å². The van der Waals surface area contributed by atoms with Crippen molar-refractivity contribution < 1.29 is 13.5 Å². The molecule has 0 bridgehead atoms. The summed E-state index contributed by atoms with van der Waals surface area (Å²) in [5.74, 6) is -1.06. The second-order valence-electron chi connectivity index (χ2n) is 6.09. The maximum absolute atomic E-state index is 13.7. The summed E-state index contributed by atoms with van der Waals surface area (Å²) in [5.41, 5.74) is 5.87. The predicted molar refractivity (Wildman–Crippen MR) is 101 cm³/mol. The predicted octanol–water partition coefficient (Wildman–Crippen LogP) is 3.13. The Morgan fingerprint density at radius 1 is 1.31 bits per heavy atom. The Hall–Kier alpha value is -2.03. The molecule has 1 aromatic heterocycles. The number of benzene rings is 1. The molecule has 0 radical (unpaired) electrons. The third kappa shape index (κ3) is 4.78. The van der Waals surface area contributed by atoms with Crippen LogP contribution < -0.4 is 11.1 Å². The van der Waals surface area contributed by atoms with Gasteiger partial charge in [-0.3, -0.25) is 9.89 Å². The van der Waals surface area contributed by atoms with Gasteiger partial charge in [0.05, 0.1) is 31.5 Å². The number of hydrogen-bond acceptors (Lipinski definition) is 4. The molecule has 0 amide bonds. The lowest BCUT2D eigenvalue weighted by Crippen LogP contribution is -2.40. The summed E-state index contributed by atoms with van der Waals surface area (Å²) in [5, 5.41) is 2.64. The van der Waals surface area contributed by atoms with E-state index >= 15 is 0 Å². The number of nitrogens with two attached hydrogens (primary N) is 1. The fraction of sp³-hybridized carbons (Fsp3) is 0.389. The lowest BCUT2D eigenvalue weighted by atomic mass is 10.2. The first kappa shape index (κ1) is 18.8. The van der Waals surface area contributed by atoms with Crippen LogP contribution in [0.1, 0.15) is 15.8 Å². The van der Waals surface area contributed by atoms with Crippen LogP contribution >= 0.6 is 11.3 Å². The molecule has 1 atom stereocenters. The normalized spacial score (nSPS) is 17.3. The van der Waals surface area contributed by atoms with Crippen LogP contribution in [0.5, 0.6) is 0 Å². The average molecular weight is 380 g/mol. The lowest BCUT2D eigenvalue weighted by molar-refractivity contribution is 0.0187. The van der Waals surface area contributed by atoms with E-state index in [2.05, 4.69) is 34.3 Å². The van der Waals surface area contributed by atoms with E-state index in [0.29, 0.717) is 19.8 Å². The number of thiophene rings is 1. The molecule has 1 aliphatic heterocycles. The fourth-order valence-electron chi connectivity index (χ4n) is 2.86. The Morgan fingerprint density at radius 3 is 2.77 bits per heavy atom. The first-order valence-corrected chi connectivity index (χ1v) is 9.24. The number of rotatable bonds is 5. The SMILES string of the molecule is Cc1ccc(C(CN=C(N)Nc2cc(F)ccc2F)N2CCOCC2)s1. The number of nitrogens with zero attached hydrogens (tertiary/aromatic N) is 2. The first-order valence-electron chi connectivity index (χ1n) is 8.43. The molecule has 2 heterocycles. The zero-order valence-electron chi connectivity index (χ0n) is 14.5. The van der Waals surface area contributed by atoms with Gasteiger partial charge in [-0.2, -0.15) is 0 Å². The smallest absolute Gasteiger partial charge is 0.193 e. The van der Waals surface area contributed by atoms with Crippen LogP contribution in [0.2, 0.25) is 0 Å². The fourth-order valence-corrected chi connectivity index (χ4v) is 3.87. The molecule has 3 N–H and O–H groups in total. The van der Waals surface area contributed by atoms with E-state index in [1.165, 1.54) is 9.75 Å². The molecule has 3 rings (SSSR count). The lowest BCUT2D eigenvalue weighted by Gasteiger charge is -2.33. The van der Waals surface area contributed by atoms with Crippen LogP contribution in [-0.4, -0.2) is 43.7 Å². The second-order valence-corrected chi connectivity index (χ2v) is 7.41. The summed E-state index contributed by atoms with van der Waals surface area (Å²) >= 11 is 1.73. The van der Waals surface area contributed by atoms with Gasteiger partial charge < -0.3 is 15.8 Å². The van der Waals surface area contributed by atoms with E-state index in [1.54, 1.807) is 11.3 Å². The van der Waals surface area contributed by atoms with Crippen molar-refractivity contribution in [3.63, 3.8) is 0 Å².